The van der Waals surface area contributed by atoms with Gasteiger partial charge in [-0.25, -0.2) is 0 Å². The van der Waals surface area contributed by atoms with E-state index < -0.39 is 0 Å². The smallest absolute Gasteiger partial charge is 0.222 e. The molecule has 0 radical (unpaired) electrons. The molecule has 1 aromatic carbocycles. The highest BCUT2D eigenvalue weighted by Crippen LogP contribution is 2.39. The first kappa shape index (κ1) is 18.0. The van der Waals surface area contributed by atoms with Crippen LogP contribution in [0.5, 0.6) is 0 Å². The first-order valence-corrected chi connectivity index (χ1v) is 10.8. The molecule has 1 aliphatic rings. The maximum atomic E-state index is 12.3. The largest absolute Gasteiger partial charge is 0.339 e. The molecule has 0 bridgehead atoms. The van der Waals surface area contributed by atoms with Crippen LogP contribution in [-0.4, -0.2) is 28.4 Å². The zero-order valence-electron chi connectivity index (χ0n) is 13.1. The molecule has 122 valence electrons. The standard InChI is InChI=1S/C17H24ClNOS2/c1-2-19(13-14-6-5-7-15(18)12-14)17(20)9-4-3-8-16-10-11-21-22-16/h5-7,12,16H,2-4,8-11,13H2,1H3. The highest BCUT2D eigenvalue weighted by molar-refractivity contribution is 8.77. The zero-order chi connectivity index (χ0) is 15.8. The Kier molecular flexibility index (Phi) is 7.98. The van der Waals surface area contributed by atoms with Gasteiger partial charge < -0.3 is 4.90 Å². The van der Waals surface area contributed by atoms with E-state index in [1.165, 1.54) is 25.0 Å². The van der Waals surface area contributed by atoms with E-state index >= 15 is 0 Å². The first-order chi connectivity index (χ1) is 10.7. The highest BCUT2D eigenvalue weighted by atomic mass is 35.5. The van der Waals surface area contributed by atoms with E-state index in [9.17, 15) is 4.79 Å². The van der Waals surface area contributed by atoms with Crippen LogP contribution in [0.3, 0.4) is 0 Å². The SMILES string of the molecule is CCN(Cc1cccc(Cl)c1)C(=O)CCCCC1CCSS1. The van der Waals surface area contributed by atoms with Gasteiger partial charge >= 0.3 is 0 Å². The molecule has 0 aromatic heterocycles. The van der Waals surface area contributed by atoms with Crippen LogP contribution in [0.15, 0.2) is 24.3 Å². The fourth-order valence-corrected chi connectivity index (χ4v) is 5.84. The first-order valence-electron chi connectivity index (χ1n) is 7.99. The van der Waals surface area contributed by atoms with Crippen molar-refractivity contribution < 1.29 is 4.79 Å². The minimum Gasteiger partial charge on any atom is -0.339 e. The van der Waals surface area contributed by atoms with E-state index in [2.05, 4.69) is 0 Å². The number of rotatable bonds is 8. The van der Waals surface area contributed by atoms with Crippen LogP contribution in [0.4, 0.5) is 0 Å². The van der Waals surface area contributed by atoms with Crippen molar-refractivity contribution in [2.24, 2.45) is 0 Å². The van der Waals surface area contributed by atoms with Gasteiger partial charge in [0.05, 0.1) is 0 Å². The summed E-state index contributed by atoms with van der Waals surface area (Å²) < 4.78 is 0. The van der Waals surface area contributed by atoms with E-state index in [0.29, 0.717) is 13.0 Å². The Hall–Kier alpha value is -0.320. The molecule has 5 heteroatoms. The van der Waals surface area contributed by atoms with Crippen LogP contribution in [0, 0.1) is 0 Å². The average Bonchev–Trinajstić information content (AvgIpc) is 3.02. The van der Waals surface area contributed by atoms with E-state index in [-0.39, 0.29) is 5.91 Å². The summed E-state index contributed by atoms with van der Waals surface area (Å²) in [6, 6.07) is 7.76. The fourth-order valence-electron chi connectivity index (χ4n) is 2.60. The lowest BCUT2D eigenvalue weighted by atomic mass is 10.1. The lowest BCUT2D eigenvalue weighted by Crippen LogP contribution is -2.30. The Morgan fingerprint density at radius 1 is 1.41 bits per heavy atom. The molecule has 1 aliphatic heterocycles. The number of hydrogen-bond acceptors (Lipinski definition) is 3. The molecule has 2 nitrogen and oxygen atoms in total. The summed E-state index contributed by atoms with van der Waals surface area (Å²) >= 11 is 6.01. The Labute approximate surface area is 146 Å². The second-order valence-corrected chi connectivity index (χ2v) is 8.84. The van der Waals surface area contributed by atoms with E-state index in [1.807, 2.05) is 57.7 Å². The Morgan fingerprint density at radius 2 is 2.27 bits per heavy atom. The number of hydrogen-bond donors (Lipinski definition) is 0. The lowest BCUT2D eigenvalue weighted by molar-refractivity contribution is -0.131. The summed E-state index contributed by atoms with van der Waals surface area (Å²) in [6.07, 6.45) is 5.43. The van der Waals surface area contributed by atoms with Gasteiger partial charge in [0, 0.05) is 35.5 Å². The van der Waals surface area contributed by atoms with Crippen molar-refractivity contribution in [1.29, 1.82) is 0 Å². The summed E-state index contributed by atoms with van der Waals surface area (Å²) in [6.45, 7) is 3.44. The third-order valence-corrected chi connectivity index (χ3v) is 7.13. The maximum Gasteiger partial charge on any atom is 0.222 e. The van der Waals surface area contributed by atoms with Crippen LogP contribution in [0.1, 0.15) is 44.6 Å². The van der Waals surface area contributed by atoms with E-state index in [0.717, 1.165) is 28.8 Å². The molecular formula is C17H24ClNOS2. The average molecular weight is 358 g/mol. The molecule has 0 aliphatic carbocycles. The maximum absolute atomic E-state index is 12.3. The van der Waals surface area contributed by atoms with Gasteiger partial charge in [0.1, 0.15) is 0 Å². The normalized spacial score (nSPS) is 17.6. The third kappa shape index (κ3) is 6.05. The number of amides is 1. The highest BCUT2D eigenvalue weighted by Gasteiger charge is 2.17. The topological polar surface area (TPSA) is 20.3 Å². The van der Waals surface area contributed by atoms with Gasteiger partial charge in [-0.15, -0.1) is 0 Å². The molecule has 2 rings (SSSR count). The van der Waals surface area contributed by atoms with Gasteiger partial charge in [0.2, 0.25) is 5.91 Å². The van der Waals surface area contributed by atoms with Crippen molar-refractivity contribution in [3.8, 4) is 0 Å². The number of carbonyl (C=O) groups excluding carboxylic acids is 1. The van der Waals surface area contributed by atoms with Crippen molar-refractivity contribution in [3.05, 3.63) is 34.9 Å². The van der Waals surface area contributed by atoms with Crippen molar-refractivity contribution in [2.75, 3.05) is 12.3 Å². The molecule has 1 saturated heterocycles. The minimum absolute atomic E-state index is 0.260. The summed E-state index contributed by atoms with van der Waals surface area (Å²) in [7, 11) is 4.01. The van der Waals surface area contributed by atoms with Crippen LogP contribution in [0.25, 0.3) is 0 Å². The Bertz CT molecular complexity index is 477. The zero-order valence-corrected chi connectivity index (χ0v) is 15.5. The fraction of sp³-hybridized carbons (Fsp3) is 0.588. The molecule has 1 heterocycles. The summed E-state index contributed by atoms with van der Waals surface area (Å²) in [4.78, 5) is 14.3. The number of carbonyl (C=O) groups is 1. The molecular weight excluding hydrogens is 334 g/mol. The number of halogens is 1. The summed E-state index contributed by atoms with van der Waals surface area (Å²) in [5.74, 6) is 1.55. The minimum atomic E-state index is 0.260. The summed E-state index contributed by atoms with van der Waals surface area (Å²) in [5.41, 5.74) is 1.10. The number of nitrogens with zero attached hydrogens (tertiary/aromatic N) is 1. The Balaban J connectivity index is 1.71. The van der Waals surface area contributed by atoms with E-state index in [1.54, 1.807) is 0 Å². The second kappa shape index (κ2) is 9.74. The van der Waals surface area contributed by atoms with Crippen molar-refractivity contribution in [3.63, 3.8) is 0 Å². The number of unbranched alkanes of at least 4 members (excludes halogenated alkanes) is 1. The second-order valence-electron chi connectivity index (χ2n) is 5.61. The van der Waals surface area contributed by atoms with Crippen LogP contribution in [-0.2, 0) is 11.3 Å². The molecule has 1 atom stereocenters. The molecule has 1 aromatic rings. The van der Waals surface area contributed by atoms with Crippen LogP contribution >= 0.6 is 33.2 Å². The molecule has 0 spiro atoms. The van der Waals surface area contributed by atoms with Crippen molar-refractivity contribution in [1.82, 2.24) is 4.90 Å². The van der Waals surface area contributed by atoms with Gasteiger partial charge in [0.15, 0.2) is 0 Å². The Morgan fingerprint density at radius 3 is 2.95 bits per heavy atom. The van der Waals surface area contributed by atoms with Gasteiger partial charge in [-0.3, -0.25) is 4.79 Å². The summed E-state index contributed by atoms with van der Waals surface area (Å²) in [5, 5.41) is 1.54. The number of benzene rings is 1. The van der Waals surface area contributed by atoms with Gasteiger partial charge in [0.25, 0.3) is 0 Å². The molecule has 1 fully saturated rings. The molecule has 1 amide bonds. The third-order valence-electron chi connectivity index (χ3n) is 3.89. The van der Waals surface area contributed by atoms with Crippen molar-refractivity contribution in [2.45, 2.75) is 50.8 Å². The predicted molar refractivity (Wildman–Crippen MR) is 99.5 cm³/mol. The quantitative estimate of drug-likeness (QED) is 0.458. The van der Waals surface area contributed by atoms with Crippen LogP contribution in [0.2, 0.25) is 5.02 Å². The molecule has 0 N–H and O–H groups in total. The van der Waals surface area contributed by atoms with Gasteiger partial charge in [-0.1, -0.05) is 51.7 Å². The van der Waals surface area contributed by atoms with Gasteiger partial charge in [-0.05, 0) is 43.9 Å². The van der Waals surface area contributed by atoms with E-state index in [4.69, 9.17) is 11.6 Å². The monoisotopic (exact) mass is 357 g/mol. The lowest BCUT2D eigenvalue weighted by Gasteiger charge is -2.21. The predicted octanol–water partition coefficient (Wildman–Crippen LogP) is 5.40. The molecule has 0 saturated carbocycles. The van der Waals surface area contributed by atoms with Crippen LogP contribution < -0.4 is 0 Å². The van der Waals surface area contributed by atoms with Crippen molar-refractivity contribution >= 4 is 39.1 Å². The molecule has 22 heavy (non-hydrogen) atoms. The van der Waals surface area contributed by atoms with Gasteiger partial charge in [-0.2, -0.15) is 0 Å². The molecule has 1 unspecified atom stereocenters.